The Hall–Kier alpha value is -0.940. The number of halogens is 1. The van der Waals surface area contributed by atoms with Gasteiger partial charge < -0.3 is 16.4 Å². The standard InChI is InChI=1S/C16H28N6OS.HI/c1-3-13-9-19-15(24-13)10-20-16(18-4-2)21-12-5-7-22(8-6-12)11-14(17)23;/h9,12H,3-8,10-11H2,1-2H3,(H2,17,23)(H2,18,20,21);1H. The first kappa shape index (κ1) is 22.1. The Labute approximate surface area is 170 Å². The van der Waals surface area contributed by atoms with E-state index in [4.69, 9.17) is 5.73 Å². The summed E-state index contributed by atoms with van der Waals surface area (Å²) >= 11 is 1.72. The van der Waals surface area contributed by atoms with Crippen molar-refractivity contribution in [2.45, 2.75) is 45.7 Å². The number of aliphatic imine (C=N–C) groups is 1. The number of aryl methyl sites for hydroxylation is 1. The number of piperidine rings is 1. The molecule has 2 rings (SSSR count). The average molecular weight is 480 g/mol. The molecule has 142 valence electrons. The molecular weight excluding hydrogens is 451 g/mol. The third-order valence-electron chi connectivity index (χ3n) is 3.97. The number of carbonyl (C=O) groups is 1. The third kappa shape index (κ3) is 7.87. The molecule has 1 fully saturated rings. The smallest absolute Gasteiger partial charge is 0.231 e. The highest BCUT2D eigenvalue weighted by Gasteiger charge is 2.20. The van der Waals surface area contributed by atoms with Crippen LogP contribution in [-0.4, -0.2) is 54.0 Å². The molecule has 1 aliphatic heterocycles. The van der Waals surface area contributed by atoms with Crippen LogP contribution in [0.15, 0.2) is 11.2 Å². The van der Waals surface area contributed by atoms with Crippen LogP contribution in [-0.2, 0) is 17.8 Å². The number of aromatic nitrogens is 1. The summed E-state index contributed by atoms with van der Waals surface area (Å²) in [6.45, 7) is 7.73. The lowest BCUT2D eigenvalue weighted by Gasteiger charge is -2.32. The van der Waals surface area contributed by atoms with Crippen LogP contribution < -0.4 is 16.4 Å². The van der Waals surface area contributed by atoms with E-state index in [0.29, 0.717) is 19.1 Å². The summed E-state index contributed by atoms with van der Waals surface area (Å²) in [5, 5.41) is 7.83. The van der Waals surface area contributed by atoms with Crippen molar-refractivity contribution in [3.05, 3.63) is 16.1 Å². The van der Waals surface area contributed by atoms with E-state index in [1.54, 1.807) is 11.3 Å². The Morgan fingerprint density at radius 3 is 2.72 bits per heavy atom. The van der Waals surface area contributed by atoms with Gasteiger partial charge in [-0.25, -0.2) is 9.98 Å². The second-order valence-electron chi connectivity index (χ2n) is 5.93. The summed E-state index contributed by atoms with van der Waals surface area (Å²) in [7, 11) is 0. The highest BCUT2D eigenvalue weighted by Crippen LogP contribution is 2.14. The molecule has 0 saturated carbocycles. The Bertz CT molecular complexity index is 557. The van der Waals surface area contributed by atoms with E-state index in [-0.39, 0.29) is 29.9 Å². The highest BCUT2D eigenvalue weighted by atomic mass is 127. The maximum Gasteiger partial charge on any atom is 0.231 e. The summed E-state index contributed by atoms with van der Waals surface area (Å²) in [4.78, 5) is 23.4. The van der Waals surface area contributed by atoms with Crippen molar-refractivity contribution in [2.24, 2.45) is 10.7 Å². The first-order valence-corrected chi connectivity index (χ1v) is 9.41. The van der Waals surface area contributed by atoms with Gasteiger partial charge in [-0.2, -0.15) is 0 Å². The topological polar surface area (TPSA) is 95.6 Å². The van der Waals surface area contributed by atoms with Crippen LogP contribution in [0.25, 0.3) is 0 Å². The van der Waals surface area contributed by atoms with Gasteiger partial charge in [0.1, 0.15) is 5.01 Å². The van der Waals surface area contributed by atoms with E-state index in [1.807, 2.05) is 6.20 Å². The minimum absolute atomic E-state index is 0. The molecule has 0 bridgehead atoms. The monoisotopic (exact) mass is 480 g/mol. The first-order chi connectivity index (χ1) is 11.6. The van der Waals surface area contributed by atoms with Crippen molar-refractivity contribution in [3.63, 3.8) is 0 Å². The maximum absolute atomic E-state index is 11.0. The summed E-state index contributed by atoms with van der Waals surface area (Å²) in [5.41, 5.74) is 5.25. The number of nitrogens with zero attached hydrogens (tertiary/aromatic N) is 3. The highest BCUT2D eigenvalue weighted by molar-refractivity contribution is 14.0. The summed E-state index contributed by atoms with van der Waals surface area (Å²) < 4.78 is 0. The molecule has 1 amide bonds. The minimum atomic E-state index is -0.258. The van der Waals surface area contributed by atoms with Crippen molar-refractivity contribution < 1.29 is 4.79 Å². The normalized spacial score (nSPS) is 16.3. The van der Waals surface area contributed by atoms with Gasteiger partial charge in [-0.1, -0.05) is 6.92 Å². The number of guanidine groups is 1. The molecule has 7 nitrogen and oxygen atoms in total. The SMILES string of the molecule is CCNC(=NCc1ncc(CC)s1)NC1CCN(CC(N)=O)CC1.I. The number of primary amides is 1. The van der Waals surface area contributed by atoms with Crippen LogP contribution in [0.1, 0.15) is 36.6 Å². The summed E-state index contributed by atoms with van der Waals surface area (Å²) in [5.74, 6) is 0.574. The molecule has 4 N–H and O–H groups in total. The molecule has 2 heterocycles. The predicted molar refractivity (Wildman–Crippen MR) is 114 cm³/mol. The number of nitrogens with two attached hydrogens (primary N) is 1. The Morgan fingerprint density at radius 1 is 1.44 bits per heavy atom. The number of amides is 1. The molecule has 0 spiro atoms. The first-order valence-electron chi connectivity index (χ1n) is 8.59. The Morgan fingerprint density at radius 2 is 2.16 bits per heavy atom. The fourth-order valence-electron chi connectivity index (χ4n) is 2.70. The van der Waals surface area contributed by atoms with Gasteiger partial charge in [0, 0.05) is 36.8 Å². The molecule has 0 unspecified atom stereocenters. The second kappa shape index (κ2) is 11.6. The number of likely N-dealkylation sites (tertiary alicyclic amines) is 1. The molecule has 1 saturated heterocycles. The fourth-order valence-corrected chi connectivity index (χ4v) is 3.49. The van der Waals surface area contributed by atoms with E-state index in [2.05, 4.69) is 39.4 Å². The summed E-state index contributed by atoms with van der Waals surface area (Å²) in [6.07, 6.45) is 4.91. The molecule has 1 aromatic heterocycles. The number of thiazole rings is 1. The molecule has 25 heavy (non-hydrogen) atoms. The summed E-state index contributed by atoms with van der Waals surface area (Å²) in [6, 6.07) is 0.370. The van der Waals surface area contributed by atoms with Crippen LogP contribution in [0.2, 0.25) is 0 Å². The van der Waals surface area contributed by atoms with Gasteiger partial charge in [0.05, 0.1) is 13.1 Å². The molecule has 0 aliphatic carbocycles. The lowest BCUT2D eigenvalue weighted by molar-refractivity contribution is -0.119. The van der Waals surface area contributed by atoms with Crippen molar-refractivity contribution in [3.8, 4) is 0 Å². The Balaban J connectivity index is 0.00000312. The van der Waals surface area contributed by atoms with E-state index >= 15 is 0 Å². The lowest BCUT2D eigenvalue weighted by Crippen LogP contribution is -2.49. The molecule has 0 aromatic carbocycles. The van der Waals surface area contributed by atoms with Crippen LogP contribution in [0.4, 0.5) is 0 Å². The minimum Gasteiger partial charge on any atom is -0.369 e. The van der Waals surface area contributed by atoms with E-state index < -0.39 is 0 Å². The van der Waals surface area contributed by atoms with Gasteiger partial charge in [-0.3, -0.25) is 9.69 Å². The maximum atomic E-state index is 11.0. The van der Waals surface area contributed by atoms with Gasteiger partial charge in [0.25, 0.3) is 0 Å². The van der Waals surface area contributed by atoms with E-state index in [9.17, 15) is 4.79 Å². The second-order valence-corrected chi connectivity index (χ2v) is 7.13. The average Bonchev–Trinajstić information content (AvgIpc) is 3.02. The van der Waals surface area contributed by atoms with E-state index in [0.717, 1.165) is 49.9 Å². The van der Waals surface area contributed by atoms with Gasteiger partial charge in [-0.15, -0.1) is 35.3 Å². The van der Waals surface area contributed by atoms with Gasteiger partial charge in [-0.05, 0) is 26.2 Å². The van der Waals surface area contributed by atoms with Crippen LogP contribution in [0.5, 0.6) is 0 Å². The molecule has 0 atom stereocenters. The van der Waals surface area contributed by atoms with E-state index in [1.165, 1.54) is 4.88 Å². The third-order valence-corrected chi connectivity index (χ3v) is 5.10. The Kier molecular flexibility index (Phi) is 10.3. The zero-order valence-electron chi connectivity index (χ0n) is 15.0. The van der Waals surface area contributed by atoms with Gasteiger partial charge in [0.2, 0.25) is 5.91 Å². The zero-order valence-corrected chi connectivity index (χ0v) is 18.1. The van der Waals surface area contributed by atoms with Crippen LogP contribution in [0, 0.1) is 0 Å². The molecule has 0 radical (unpaired) electrons. The number of hydrogen-bond donors (Lipinski definition) is 3. The quantitative estimate of drug-likeness (QED) is 0.311. The number of hydrogen-bond acceptors (Lipinski definition) is 5. The van der Waals surface area contributed by atoms with Crippen LogP contribution in [0.3, 0.4) is 0 Å². The molecule has 1 aliphatic rings. The van der Waals surface area contributed by atoms with Crippen molar-refractivity contribution >= 4 is 47.2 Å². The number of nitrogens with one attached hydrogen (secondary N) is 2. The largest absolute Gasteiger partial charge is 0.369 e. The number of carbonyl (C=O) groups excluding carboxylic acids is 1. The fraction of sp³-hybridized carbons (Fsp3) is 0.688. The molecule has 9 heteroatoms. The van der Waals surface area contributed by atoms with Crippen molar-refractivity contribution in [1.82, 2.24) is 20.5 Å². The molecular formula is C16H29IN6OS. The zero-order chi connectivity index (χ0) is 17.4. The van der Waals surface area contributed by atoms with Crippen LogP contribution >= 0.6 is 35.3 Å². The molecule has 1 aromatic rings. The van der Waals surface area contributed by atoms with Gasteiger partial charge in [0.15, 0.2) is 5.96 Å². The number of rotatable bonds is 7. The predicted octanol–water partition coefficient (Wildman–Crippen LogP) is 1.33. The van der Waals surface area contributed by atoms with Crippen molar-refractivity contribution in [2.75, 3.05) is 26.2 Å². The van der Waals surface area contributed by atoms with Crippen molar-refractivity contribution in [1.29, 1.82) is 0 Å². The van der Waals surface area contributed by atoms with Gasteiger partial charge >= 0.3 is 0 Å². The lowest BCUT2D eigenvalue weighted by atomic mass is 10.1.